The van der Waals surface area contributed by atoms with Crippen molar-refractivity contribution in [2.24, 2.45) is 0 Å². The normalized spacial score (nSPS) is 12.9. The molecule has 0 atom stereocenters. The Morgan fingerprint density at radius 2 is 2.21 bits per heavy atom. The average Bonchev–Trinajstić information content (AvgIpc) is 3.03. The maximum Gasteiger partial charge on any atom is 0.231 e. The van der Waals surface area contributed by atoms with Crippen molar-refractivity contribution < 1.29 is 9.47 Å². The Morgan fingerprint density at radius 3 is 3.05 bits per heavy atom. The van der Waals surface area contributed by atoms with Gasteiger partial charge in [0.25, 0.3) is 0 Å². The number of aryl methyl sites for hydroxylation is 1. The van der Waals surface area contributed by atoms with Crippen molar-refractivity contribution in [3.63, 3.8) is 0 Å². The van der Waals surface area contributed by atoms with Crippen molar-refractivity contribution in [2.45, 2.75) is 20.0 Å². The van der Waals surface area contributed by atoms with Crippen molar-refractivity contribution in [1.29, 1.82) is 0 Å². The Balaban J connectivity index is 1.49. The van der Waals surface area contributed by atoms with Gasteiger partial charge in [0.05, 0.1) is 0 Å². The number of hydrogen-bond acceptors (Lipinski definition) is 4. The minimum Gasteiger partial charge on any atom is -0.454 e. The van der Waals surface area contributed by atoms with Gasteiger partial charge in [-0.25, -0.2) is 4.98 Å². The third-order valence-corrected chi connectivity index (χ3v) is 3.22. The van der Waals surface area contributed by atoms with Crippen molar-refractivity contribution in [3.05, 3.63) is 42.0 Å². The molecular formula is C14H17N3O2. The minimum atomic E-state index is 0.326. The van der Waals surface area contributed by atoms with Gasteiger partial charge >= 0.3 is 0 Å². The first-order valence-electron chi connectivity index (χ1n) is 6.40. The SMILES string of the molecule is Cc1nccn1CCNCc1ccc2c(c1)OCO2. The molecular weight excluding hydrogens is 242 g/mol. The summed E-state index contributed by atoms with van der Waals surface area (Å²) in [6.07, 6.45) is 3.82. The van der Waals surface area contributed by atoms with Crippen LogP contribution in [0.3, 0.4) is 0 Å². The molecule has 0 radical (unpaired) electrons. The van der Waals surface area contributed by atoms with E-state index < -0.39 is 0 Å². The Hall–Kier alpha value is -2.01. The minimum absolute atomic E-state index is 0.326. The lowest BCUT2D eigenvalue weighted by molar-refractivity contribution is 0.174. The quantitative estimate of drug-likeness (QED) is 0.830. The Labute approximate surface area is 112 Å². The number of benzene rings is 1. The van der Waals surface area contributed by atoms with Gasteiger partial charge in [-0.3, -0.25) is 0 Å². The van der Waals surface area contributed by atoms with Gasteiger partial charge < -0.3 is 19.4 Å². The van der Waals surface area contributed by atoms with Gasteiger partial charge in [0.2, 0.25) is 6.79 Å². The molecule has 19 heavy (non-hydrogen) atoms. The summed E-state index contributed by atoms with van der Waals surface area (Å²) in [5, 5.41) is 3.41. The van der Waals surface area contributed by atoms with Gasteiger partial charge in [-0.1, -0.05) is 6.07 Å². The van der Waals surface area contributed by atoms with Gasteiger partial charge in [-0.2, -0.15) is 0 Å². The molecule has 0 fully saturated rings. The van der Waals surface area contributed by atoms with Gasteiger partial charge in [-0.05, 0) is 24.6 Å². The van der Waals surface area contributed by atoms with E-state index in [4.69, 9.17) is 9.47 Å². The maximum atomic E-state index is 5.36. The first-order chi connectivity index (χ1) is 9.33. The van der Waals surface area contributed by atoms with Crippen LogP contribution >= 0.6 is 0 Å². The summed E-state index contributed by atoms with van der Waals surface area (Å²) >= 11 is 0. The topological polar surface area (TPSA) is 48.3 Å². The van der Waals surface area contributed by atoms with E-state index in [1.165, 1.54) is 5.56 Å². The molecule has 5 nitrogen and oxygen atoms in total. The third-order valence-electron chi connectivity index (χ3n) is 3.22. The molecule has 0 unspecified atom stereocenters. The second-order valence-corrected chi connectivity index (χ2v) is 4.53. The van der Waals surface area contributed by atoms with Crippen molar-refractivity contribution >= 4 is 0 Å². The summed E-state index contributed by atoms with van der Waals surface area (Å²) in [7, 11) is 0. The second-order valence-electron chi connectivity index (χ2n) is 4.53. The molecule has 2 heterocycles. The molecule has 0 saturated heterocycles. The summed E-state index contributed by atoms with van der Waals surface area (Å²) in [5.41, 5.74) is 1.20. The molecule has 1 aromatic carbocycles. The van der Waals surface area contributed by atoms with Crippen LogP contribution in [0.15, 0.2) is 30.6 Å². The highest BCUT2D eigenvalue weighted by Gasteiger charge is 2.12. The van der Waals surface area contributed by atoms with Gasteiger partial charge in [0.15, 0.2) is 11.5 Å². The highest BCUT2D eigenvalue weighted by molar-refractivity contribution is 5.44. The third kappa shape index (κ3) is 2.71. The van der Waals surface area contributed by atoms with Crippen LogP contribution in [0.25, 0.3) is 0 Å². The molecule has 1 N–H and O–H groups in total. The number of rotatable bonds is 5. The van der Waals surface area contributed by atoms with E-state index in [2.05, 4.69) is 20.9 Å². The summed E-state index contributed by atoms with van der Waals surface area (Å²) in [4.78, 5) is 4.20. The number of nitrogens with one attached hydrogen (secondary N) is 1. The Kier molecular flexibility index (Phi) is 3.37. The predicted octanol–water partition coefficient (Wildman–Crippen LogP) is 1.71. The number of ether oxygens (including phenoxy) is 2. The molecule has 0 amide bonds. The summed E-state index contributed by atoms with van der Waals surface area (Å²) < 4.78 is 12.8. The first-order valence-corrected chi connectivity index (χ1v) is 6.40. The Morgan fingerprint density at radius 1 is 1.32 bits per heavy atom. The molecule has 1 aliphatic rings. The van der Waals surface area contributed by atoms with E-state index in [-0.39, 0.29) is 0 Å². The van der Waals surface area contributed by atoms with Crippen LogP contribution in [0.2, 0.25) is 0 Å². The number of imidazole rings is 1. The number of fused-ring (bicyclic) bond motifs is 1. The van der Waals surface area contributed by atoms with E-state index in [1.807, 2.05) is 31.5 Å². The highest BCUT2D eigenvalue weighted by Crippen LogP contribution is 2.32. The Bertz CT molecular complexity index is 566. The lowest BCUT2D eigenvalue weighted by Crippen LogP contribution is -2.19. The van der Waals surface area contributed by atoms with Crippen LogP contribution in [0, 0.1) is 6.92 Å². The summed E-state index contributed by atoms with van der Waals surface area (Å²) in [6.45, 7) is 5.00. The predicted molar refractivity (Wildman–Crippen MR) is 71.2 cm³/mol. The zero-order chi connectivity index (χ0) is 13.1. The molecule has 0 bridgehead atoms. The van der Waals surface area contributed by atoms with E-state index in [0.29, 0.717) is 6.79 Å². The molecule has 1 aliphatic heterocycles. The van der Waals surface area contributed by atoms with Crippen LogP contribution in [-0.2, 0) is 13.1 Å². The fraction of sp³-hybridized carbons (Fsp3) is 0.357. The molecule has 0 spiro atoms. The van der Waals surface area contributed by atoms with E-state index in [1.54, 1.807) is 0 Å². The largest absolute Gasteiger partial charge is 0.454 e. The first kappa shape index (κ1) is 12.0. The number of hydrogen-bond donors (Lipinski definition) is 1. The smallest absolute Gasteiger partial charge is 0.231 e. The van der Waals surface area contributed by atoms with E-state index in [9.17, 15) is 0 Å². The average molecular weight is 259 g/mol. The van der Waals surface area contributed by atoms with Crippen LogP contribution in [0.4, 0.5) is 0 Å². The lowest BCUT2D eigenvalue weighted by Gasteiger charge is -2.07. The summed E-state index contributed by atoms with van der Waals surface area (Å²) in [6, 6.07) is 6.04. The highest BCUT2D eigenvalue weighted by atomic mass is 16.7. The van der Waals surface area contributed by atoms with Gasteiger partial charge in [-0.15, -0.1) is 0 Å². The zero-order valence-corrected chi connectivity index (χ0v) is 10.9. The molecule has 0 saturated carbocycles. The summed E-state index contributed by atoms with van der Waals surface area (Å²) in [5.74, 6) is 2.72. The van der Waals surface area contributed by atoms with Crippen molar-refractivity contribution in [2.75, 3.05) is 13.3 Å². The van der Waals surface area contributed by atoms with E-state index >= 15 is 0 Å². The maximum absolute atomic E-state index is 5.36. The van der Waals surface area contributed by atoms with Crippen LogP contribution in [0.5, 0.6) is 11.5 Å². The van der Waals surface area contributed by atoms with Gasteiger partial charge in [0.1, 0.15) is 5.82 Å². The fourth-order valence-electron chi connectivity index (χ4n) is 2.12. The monoisotopic (exact) mass is 259 g/mol. The molecule has 0 aliphatic carbocycles. The molecule has 5 heteroatoms. The second kappa shape index (κ2) is 5.32. The molecule has 3 rings (SSSR count). The van der Waals surface area contributed by atoms with Crippen LogP contribution in [-0.4, -0.2) is 22.9 Å². The molecule has 1 aromatic heterocycles. The zero-order valence-electron chi connectivity index (χ0n) is 10.9. The number of nitrogens with zero attached hydrogens (tertiary/aromatic N) is 2. The van der Waals surface area contributed by atoms with Crippen LogP contribution < -0.4 is 14.8 Å². The van der Waals surface area contributed by atoms with E-state index in [0.717, 1.165) is 37.0 Å². The number of aromatic nitrogens is 2. The van der Waals surface area contributed by atoms with Gasteiger partial charge in [0, 0.05) is 32.0 Å². The molecule has 2 aromatic rings. The fourth-order valence-corrected chi connectivity index (χ4v) is 2.12. The van der Waals surface area contributed by atoms with Crippen molar-refractivity contribution in [3.8, 4) is 11.5 Å². The lowest BCUT2D eigenvalue weighted by atomic mass is 10.2. The standard InChI is InChI=1S/C14H17N3O2/c1-11-16-5-7-17(11)6-4-15-9-12-2-3-13-14(8-12)19-10-18-13/h2-3,5,7-8,15H,4,6,9-10H2,1H3. The van der Waals surface area contributed by atoms with Crippen LogP contribution in [0.1, 0.15) is 11.4 Å². The van der Waals surface area contributed by atoms with Crippen molar-refractivity contribution in [1.82, 2.24) is 14.9 Å². The molecule has 100 valence electrons.